The van der Waals surface area contributed by atoms with E-state index in [0.717, 1.165) is 31.4 Å². The molecular formula is C13H21FN2O. The van der Waals surface area contributed by atoms with Crippen LogP contribution in [0.3, 0.4) is 0 Å². The van der Waals surface area contributed by atoms with E-state index in [1.165, 1.54) is 12.1 Å². The summed E-state index contributed by atoms with van der Waals surface area (Å²) in [6, 6.07) is 4.64. The van der Waals surface area contributed by atoms with E-state index in [1.54, 1.807) is 6.07 Å². The third kappa shape index (κ3) is 5.65. The molecule has 1 aromatic rings. The number of aliphatic hydroxyl groups excluding tert-OH is 1. The fourth-order valence-corrected chi connectivity index (χ4v) is 1.83. The summed E-state index contributed by atoms with van der Waals surface area (Å²) in [7, 11) is 2.00. The van der Waals surface area contributed by atoms with Crippen LogP contribution in [0.25, 0.3) is 0 Å². The molecule has 0 saturated carbocycles. The SMILES string of the molecule is CN(CCCCCO)Cc1cc(N)cc(F)c1. The second kappa shape index (κ2) is 7.25. The average molecular weight is 240 g/mol. The number of nitrogens with two attached hydrogens (primary N) is 1. The molecule has 0 radical (unpaired) electrons. The molecule has 0 fully saturated rings. The molecular weight excluding hydrogens is 219 g/mol. The van der Waals surface area contributed by atoms with Crippen LogP contribution in [0.2, 0.25) is 0 Å². The summed E-state index contributed by atoms with van der Waals surface area (Å²) in [5.41, 5.74) is 6.95. The summed E-state index contributed by atoms with van der Waals surface area (Å²) in [4.78, 5) is 2.13. The molecule has 17 heavy (non-hydrogen) atoms. The summed E-state index contributed by atoms with van der Waals surface area (Å²) >= 11 is 0. The molecule has 96 valence electrons. The third-order valence-electron chi connectivity index (χ3n) is 2.63. The van der Waals surface area contributed by atoms with Crippen molar-refractivity contribution in [3.05, 3.63) is 29.6 Å². The third-order valence-corrected chi connectivity index (χ3v) is 2.63. The molecule has 1 aromatic carbocycles. The van der Waals surface area contributed by atoms with Gasteiger partial charge >= 0.3 is 0 Å². The molecule has 0 aliphatic rings. The molecule has 0 aliphatic carbocycles. The molecule has 0 bridgehead atoms. The van der Waals surface area contributed by atoms with Gasteiger partial charge in [0.2, 0.25) is 0 Å². The van der Waals surface area contributed by atoms with E-state index in [0.29, 0.717) is 12.2 Å². The zero-order chi connectivity index (χ0) is 12.7. The van der Waals surface area contributed by atoms with Crippen molar-refractivity contribution in [2.75, 3.05) is 25.9 Å². The minimum Gasteiger partial charge on any atom is -0.399 e. The number of halogens is 1. The highest BCUT2D eigenvalue weighted by Gasteiger charge is 2.03. The molecule has 3 nitrogen and oxygen atoms in total. The van der Waals surface area contributed by atoms with Gasteiger partial charge in [-0.05, 0) is 56.6 Å². The topological polar surface area (TPSA) is 49.5 Å². The Morgan fingerprint density at radius 2 is 2.00 bits per heavy atom. The molecule has 4 heteroatoms. The Labute approximate surface area is 102 Å². The summed E-state index contributed by atoms with van der Waals surface area (Å²) < 4.78 is 13.1. The highest BCUT2D eigenvalue weighted by molar-refractivity contribution is 5.41. The number of aliphatic hydroxyl groups is 1. The first-order valence-electron chi connectivity index (χ1n) is 5.96. The lowest BCUT2D eigenvalue weighted by molar-refractivity contribution is 0.271. The molecule has 3 N–H and O–H groups in total. The van der Waals surface area contributed by atoms with Crippen molar-refractivity contribution in [2.24, 2.45) is 0 Å². The van der Waals surface area contributed by atoms with Crippen LogP contribution in [0.5, 0.6) is 0 Å². The van der Waals surface area contributed by atoms with Crippen LogP contribution in [-0.2, 0) is 6.54 Å². The molecule has 0 heterocycles. The van der Waals surface area contributed by atoms with Gasteiger partial charge < -0.3 is 15.7 Å². The summed E-state index contributed by atoms with van der Waals surface area (Å²) in [5.74, 6) is -0.284. The maximum Gasteiger partial charge on any atom is 0.125 e. The van der Waals surface area contributed by atoms with Crippen LogP contribution in [0.4, 0.5) is 10.1 Å². The van der Waals surface area contributed by atoms with Crippen LogP contribution in [0.15, 0.2) is 18.2 Å². The normalized spacial score (nSPS) is 11.1. The number of benzene rings is 1. The highest BCUT2D eigenvalue weighted by Crippen LogP contribution is 2.12. The van der Waals surface area contributed by atoms with Gasteiger partial charge in [-0.2, -0.15) is 0 Å². The van der Waals surface area contributed by atoms with E-state index < -0.39 is 0 Å². The van der Waals surface area contributed by atoms with Crippen LogP contribution < -0.4 is 5.73 Å². The Balaban J connectivity index is 2.36. The smallest absolute Gasteiger partial charge is 0.125 e. The fraction of sp³-hybridized carbons (Fsp3) is 0.538. The maximum absolute atomic E-state index is 13.1. The predicted molar refractivity (Wildman–Crippen MR) is 68.1 cm³/mol. The monoisotopic (exact) mass is 240 g/mol. The first-order valence-corrected chi connectivity index (χ1v) is 5.96. The van der Waals surface area contributed by atoms with Crippen molar-refractivity contribution in [2.45, 2.75) is 25.8 Å². The van der Waals surface area contributed by atoms with Crippen molar-refractivity contribution in [1.29, 1.82) is 0 Å². The van der Waals surface area contributed by atoms with Crippen LogP contribution in [-0.4, -0.2) is 30.2 Å². The van der Waals surface area contributed by atoms with E-state index in [1.807, 2.05) is 7.05 Å². The average Bonchev–Trinajstić information content (AvgIpc) is 2.23. The minimum absolute atomic E-state index is 0.254. The zero-order valence-corrected chi connectivity index (χ0v) is 10.3. The zero-order valence-electron chi connectivity index (χ0n) is 10.3. The van der Waals surface area contributed by atoms with Crippen LogP contribution in [0.1, 0.15) is 24.8 Å². The number of hydrogen-bond acceptors (Lipinski definition) is 3. The molecule has 0 spiro atoms. The van der Waals surface area contributed by atoms with Gasteiger partial charge in [-0.1, -0.05) is 0 Å². The lowest BCUT2D eigenvalue weighted by Gasteiger charge is -2.16. The molecule has 0 saturated heterocycles. The van der Waals surface area contributed by atoms with E-state index in [4.69, 9.17) is 10.8 Å². The van der Waals surface area contributed by atoms with Gasteiger partial charge in [0.25, 0.3) is 0 Å². The summed E-state index contributed by atoms with van der Waals surface area (Å²) in [6.45, 7) is 1.89. The van der Waals surface area contributed by atoms with E-state index in [9.17, 15) is 4.39 Å². The van der Waals surface area contributed by atoms with Crippen molar-refractivity contribution in [3.8, 4) is 0 Å². The second-order valence-corrected chi connectivity index (χ2v) is 4.41. The standard InChI is InChI=1S/C13H21FN2O/c1-16(5-3-2-4-6-17)10-11-7-12(14)9-13(15)8-11/h7-9,17H,2-6,10,15H2,1H3. The summed E-state index contributed by atoms with van der Waals surface area (Å²) in [6.07, 6.45) is 2.91. The molecule has 1 rings (SSSR count). The number of anilines is 1. The Morgan fingerprint density at radius 1 is 1.24 bits per heavy atom. The second-order valence-electron chi connectivity index (χ2n) is 4.41. The quantitative estimate of drug-likeness (QED) is 0.566. The maximum atomic E-state index is 13.1. The van der Waals surface area contributed by atoms with Gasteiger partial charge in [-0.25, -0.2) is 4.39 Å². The number of unbranched alkanes of at least 4 members (excludes halogenated alkanes) is 2. The molecule has 0 unspecified atom stereocenters. The lowest BCUT2D eigenvalue weighted by atomic mass is 10.1. The van der Waals surface area contributed by atoms with Gasteiger partial charge in [0.1, 0.15) is 5.82 Å². The Morgan fingerprint density at radius 3 is 2.65 bits per heavy atom. The van der Waals surface area contributed by atoms with Crippen molar-refractivity contribution in [1.82, 2.24) is 4.90 Å². The number of hydrogen-bond donors (Lipinski definition) is 2. The molecule has 0 atom stereocenters. The molecule has 0 amide bonds. The first-order chi connectivity index (χ1) is 8.11. The van der Waals surface area contributed by atoms with Crippen molar-refractivity contribution >= 4 is 5.69 Å². The molecule has 0 aromatic heterocycles. The number of nitrogens with zero attached hydrogens (tertiary/aromatic N) is 1. The minimum atomic E-state index is -0.284. The first kappa shape index (κ1) is 13.9. The van der Waals surface area contributed by atoms with Crippen LogP contribution in [0, 0.1) is 5.82 Å². The predicted octanol–water partition coefficient (Wildman–Crippen LogP) is 2.00. The largest absolute Gasteiger partial charge is 0.399 e. The van der Waals surface area contributed by atoms with Crippen LogP contribution >= 0.6 is 0 Å². The number of nitrogen functional groups attached to an aromatic ring is 1. The van der Waals surface area contributed by atoms with Gasteiger partial charge in [-0.15, -0.1) is 0 Å². The van der Waals surface area contributed by atoms with Gasteiger partial charge in [-0.3, -0.25) is 0 Å². The lowest BCUT2D eigenvalue weighted by Crippen LogP contribution is -2.19. The van der Waals surface area contributed by atoms with E-state index in [-0.39, 0.29) is 12.4 Å². The Hall–Kier alpha value is -1.13. The Bertz CT molecular complexity index is 324. The summed E-state index contributed by atoms with van der Waals surface area (Å²) in [5, 5.41) is 8.66. The van der Waals surface area contributed by atoms with Gasteiger partial charge in [0.05, 0.1) is 0 Å². The Kier molecular flexibility index (Phi) is 5.94. The highest BCUT2D eigenvalue weighted by atomic mass is 19.1. The van der Waals surface area contributed by atoms with Gasteiger partial charge in [0.15, 0.2) is 0 Å². The van der Waals surface area contributed by atoms with Gasteiger partial charge in [0, 0.05) is 18.8 Å². The van der Waals surface area contributed by atoms with E-state index in [2.05, 4.69) is 4.90 Å². The molecule has 0 aliphatic heterocycles. The number of rotatable bonds is 7. The van der Waals surface area contributed by atoms with Crippen molar-refractivity contribution in [3.63, 3.8) is 0 Å². The van der Waals surface area contributed by atoms with E-state index >= 15 is 0 Å². The van der Waals surface area contributed by atoms with Crippen molar-refractivity contribution < 1.29 is 9.50 Å². The fourth-order valence-electron chi connectivity index (χ4n) is 1.83.